The van der Waals surface area contributed by atoms with Gasteiger partial charge in [0.15, 0.2) is 5.16 Å². The Balaban J connectivity index is 1.93. The van der Waals surface area contributed by atoms with Crippen molar-refractivity contribution in [2.45, 2.75) is 50.4 Å². The van der Waals surface area contributed by atoms with Gasteiger partial charge in [0.05, 0.1) is 5.75 Å². The molecule has 0 N–H and O–H groups in total. The fourth-order valence-electron chi connectivity index (χ4n) is 2.52. The van der Waals surface area contributed by atoms with Gasteiger partial charge in [-0.3, -0.25) is 4.79 Å². The van der Waals surface area contributed by atoms with Crippen LogP contribution in [0, 0.1) is 0 Å². The number of rotatable bonds is 3. The molecule has 2 atom stereocenters. The monoisotopic (exact) mass is 268 g/mol. The number of hydrogen-bond acceptors (Lipinski definition) is 4. The number of amides is 1. The van der Waals surface area contributed by atoms with Crippen LogP contribution in [-0.2, 0) is 11.8 Å². The number of aryl methyl sites for hydroxylation is 1. The standard InChI is InChI=1S/C12H20N4OS/c1-9-5-4-6-10(2)16(9)11(17)7-18-12-14-13-8-15(12)3/h8-10H,4-7H2,1-3H3. The summed E-state index contributed by atoms with van der Waals surface area (Å²) in [6, 6.07) is 0.725. The molecule has 1 fully saturated rings. The van der Waals surface area contributed by atoms with E-state index in [9.17, 15) is 4.79 Å². The summed E-state index contributed by atoms with van der Waals surface area (Å²) in [5, 5.41) is 8.58. The van der Waals surface area contributed by atoms with Crippen molar-refractivity contribution in [3.63, 3.8) is 0 Å². The van der Waals surface area contributed by atoms with E-state index in [1.807, 2.05) is 16.5 Å². The highest BCUT2D eigenvalue weighted by Gasteiger charge is 2.28. The number of thioether (sulfide) groups is 1. The highest BCUT2D eigenvalue weighted by atomic mass is 32.2. The van der Waals surface area contributed by atoms with Gasteiger partial charge in [0.25, 0.3) is 0 Å². The quantitative estimate of drug-likeness (QED) is 0.783. The first kappa shape index (κ1) is 13.4. The van der Waals surface area contributed by atoms with Crippen molar-refractivity contribution in [1.29, 1.82) is 0 Å². The Morgan fingerprint density at radius 1 is 1.44 bits per heavy atom. The zero-order chi connectivity index (χ0) is 13.1. The maximum absolute atomic E-state index is 12.3. The maximum Gasteiger partial charge on any atom is 0.233 e. The van der Waals surface area contributed by atoms with Gasteiger partial charge in [0, 0.05) is 19.1 Å². The summed E-state index contributed by atoms with van der Waals surface area (Å²) in [6.45, 7) is 4.28. The van der Waals surface area contributed by atoms with Gasteiger partial charge in [-0.05, 0) is 33.1 Å². The molecule has 1 amide bonds. The molecule has 0 aromatic carbocycles. The van der Waals surface area contributed by atoms with Crippen molar-refractivity contribution in [3.05, 3.63) is 6.33 Å². The third-order valence-electron chi connectivity index (χ3n) is 3.48. The second-order valence-corrected chi connectivity index (χ2v) is 5.89. The van der Waals surface area contributed by atoms with E-state index in [2.05, 4.69) is 24.0 Å². The minimum Gasteiger partial charge on any atom is -0.337 e. The molecule has 0 bridgehead atoms. The summed E-state index contributed by atoms with van der Waals surface area (Å²) in [5.41, 5.74) is 0. The molecule has 2 heterocycles. The fraction of sp³-hybridized carbons (Fsp3) is 0.750. The first-order valence-corrected chi connectivity index (χ1v) is 7.36. The predicted molar refractivity (Wildman–Crippen MR) is 71.3 cm³/mol. The van der Waals surface area contributed by atoms with Crippen molar-refractivity contribution < 1.29 is 4.79 Å². The number of aromatic nitrogens is 3. The molecule has 18 heavy (non-hydrogen) atoms. The number of carbonyl (C=O) groups excluding carboxylic acids is 1. The second kappa shape index (κ2) is 5.73. The average Bonchev–Trinajstić information content (AvgIpc) is 2.72. The summed E-state index contributed by atoms with van der Waals surface area (Å²) in [7, 11) is 1.89. The summed E-state index contributed by atoms with van der Waals surface area (Å²) in [5.74, 6) is 0.656. The van der Waals surface area contributed by atoms with Crippen LogP contribution < -0.4 is 0 Å². The zero-order valence-electron chi connectivity index (χ0n) is 11.2. The van der Waals surface area contributed by atoms with Crippen LogP contribution in [0.5, 0.6) is 0 Å². The van der Waals surface area contributed by atoms with Gasteiger partial charge < -0.3 is 9.47 Å². The van der Waals surface area contributed by atoms with Crippen LogP contribution in [0.3, 0.4) is 0 Å². The lowest BCUT2D eigenvalue weighted by atomic mass is 9.98. The van der Waals surface area contributed by atoms with Crippen LogP contribution in [0.4, 0.5) is 0 Å². The topological polar surface area (TPSA) is 51.0 Å². The maximum atomic E-state index is 12.3. The number of likely N-dealkylation sites (tertiary alicyclic amines) is 1. The van der Waals surface area contributed by atoms with Gasteiger partial charge in [-0.25, -0.2) is 0 Å². The Labute approximate surface area is 112 Å². The third kappa shape index (κ3) is 2.85. The molecule has 5 nitrogen and oxygen atoms in total. The van der Waals surface area contributed by atoms with E-state index in [-0.39, 0.29) is 5.91 Å². The van der Waals surface area contributed by atoms with Crippen molar-refractivity contribution in [3.8, 4) is 0 Å². The van der Waals surface area contributed by atoms with E-state index in [1.54, 1.807) is 6.33 Å². The van der Waals surface area contributed by atoms with Crippen molar-refractivity contribution in [2.75, 3.05) is 5.75 Å². The Hall–Kier alpha value is -1.04. The van der Waals surface area contributed by atoms with E-state index in [1.165, 1.54) is 18.2 Å². The molecular formula is C12H20N4OS. The number of piperidine rings is 1. The molecule has 0 spiro atoms. The Morgan fingerprint density at radius 3 is 2.67 bits per heavy atom. The summed E-state index contributed by atoms with van der Waals surface area (Å²) in [4.78, 5) is 14.3. The number of carbonyl (C=O) groups is 1. The molecule has 2 rings (SSSR count). The Morgan fingerprint density at radius 2 is 2.11 bits per heavy atom. The molecule has 1 saturated heterocycles. The van der Waals surface area contributed by atoms with E-state index in [4.69, 9.17) is 0 Å². The molecule has 0 aliphatic carbocycles. The molecule has 1 aliphatic heterocycles. The smallest absolute Gasteiger partial charge is 0.233 e. The molecule has 100 valence electrons. The summed E-state index contributed by atoms with van der Waals surface area (Å²) >= 11 is 1.46. The van der Waals surface area contributed by atoms with E-state index < -0.39 is 0 Å². The van der Waals surface area contributed by atoms with Gasteiger partial charge in [0.1, 0.15) is 6.33 Å². The van der Waals surface area contributed by atoms with Crippen LogP contribution in [0.2, 0.25) is 0 Å². The first-order valence-electron chi connectivity index (χ1n) is 6.37. The van der Waals surface area contributed by atoms with Crippen LogP contribution >= 0.6 is 11.8 Å². The lowest BCUT2D eigenvalue weighted by Crippen LogP contribution is -2.48. The average molecular weight is 268 g/mol. The minimum atomic E-state index is 0.211. The van der Waals surface area contributed by atoms with Gasteiger partial charge >= 0.3 is 0 Å². The lowest BCUT2D eigenvalue weighted by Gasteiger charge is -2.39. The van der Waals surface area contributed by atoms with Gasteiger partial charge in [0.2, 0.25) is 5.91 Å². The van der Waals surface area contributed by atoms with E-state index in [0.29, 0.717) is 17.8 Å². The van der Waals surface area contributed by atoms with Gasteiger partial charge in [-0.1, -0.05) is 11.8 Å². The lowest BCUT2D eigenvalue weighted by molar-refractivity contribution is -0.134. The van der Waals surface area contributed by atoms with Crippen molar-refractivity contribution in [1.82, 2.24) is 19.7 Å². The van der Waals surface area contributed by atoms with Crippen LogP contribution in [0.1, 0.15) is 33.1 Å². The second-order valence-electron chi connectivity index (χ2n) is 4.94. The van der Waals surface area contributed by atoms with Crippen LogP contribution in [0.15, 0.2) is 11.5 Å². The molecule has 0 radical (unpaired) electrons. The minimum absolute atomic E-state index is 0.211. The molecule has 6 heteroatoms. The molecule has 0 saturated carbocycles. The molecule has 1 aliphatic rings. The predicted octanol–water partition coefficient (Wildman–Crippen LogP) is 1.70. The van der Waals surface area contributed by atoms with Gasteiger partial charge in [-0.2, -0.15) is 0 Å². The molecule has 1 aromatic rings. The normalized spacial score (nSPS) is 24.3. The summed E-state index contributed by atoms with van der Waals surface area (Å²) < 4.78 is 1.83. The largest absolute Gasteiger partial charge is 0.337 e. The zero-order valence-corrected chi connectivity index (χ0v) is 12.0. The number of hydrogen-bond donors (Lipinski definition) is 0. The Bertz CT molecular complexity index is 410. The first-order chi connectivity index (χ1) is 8.59. The molecule has 1 aromatic heterocycles. The molecular weight excluding hydrogens is 248 g/mol. The Kier molecular flexibility index (Phi) is 4.27. The third-order valence-corrected chi connectivity index (χ3v) is 4.50. The van der Waals surface area contributed by atoms with E-state index in [0.717, 1.165) is 18.0 Å². The molecule has 2 unspecified atom stereocenters. The van der Waals surface area contributed by atoms with Crippen molar-refractivity contribution in [2.24, 2.45) is 7.05 Å². The van der Waals surface area contributed by atoms with Crippen LogP contribution in [-0.4, -0.2) is 43.4 Å². The van der Waals surface area contributed by atoms with E-state index >= 15 is 0 Å². The highest BCUT2D eigenvalue weighted by Crippen LogP contribution is 2.24. The summed E-state index contributed by atoms with van der Waals surface area (Å²) in [6.07, 6.45) is 5.11. The van der Waals surface area contributed by atoms with Gasteiger partial charge in [-0.15, -0.1) is 10.2 Å². The fourth-order valence-corrected chi connectivity index (χ4v) is 3.27. The number of nitrogens with zero attached hydrogens (tertiary/aromatic N) is 4. The van der Waals surface area contributed by atoms with Crippen molar-refractivity contribution >= 4 is 17.7 Å². The van der Waals surface area contributed by atoms with Crippen LogP contribution in [0.25, 0.3) is 0 Å². The highest BCUT2D eigenvalue weighted by molar-refractivity contribution is 7.99. The SMILES string of the molecule is CC1CCCC(C)N1C(=O)CSc1nncn1C.